The van der Waals surface area contributed by atoms with E-state index >= 15 is 0 Å². The standard InChI is InChI=1S/C17H24N6O2/c1-10-8-14(20-22(10)3)16(24)18-12-6-5-7-13(12)19-17(25)15-9-11(2)23(4)21-15/h8-9,12-13H,5-7H2,1-4H3,(H,18,24)(H,19,25). The Morgan fingerprint density at radius 2 is 1.32 bits per heavy atom. The summed E-state index contributed by atoms with van der Waals surface area (Å²) in [5, 5.41) is 14.4. The van der Waals surface area contributed by atoms with Crippen molar-refractivity contribution in [2.45, 2.75) is 45.2 Å². The summed E-state index contributed by atoms with van der Waals surface area (Å²) in [7, 11) is 3.61. The third-order valence-electron chi connectivity index (χ3n) is 4.84. The minimum atomic E-state index is -0.205. The lowest BCUT2D eigenvalue weighted by molar-refractivity contribution is 0.0886. The Morgan fingerprint density at radius 1 is 0.920 bits per heavy atom. The molecule has 1 fully saturated rings. The van der Waals surface area contributed by atoms with Gasteiger partial charge in [0.05, 0.1) is 0 Å². The molecule has 25 heavy (non-hydrogen) atoms. The van der Waals surface area contributed by atoms with Crippen LogP contribution in [0.1, 0.15) is 51.6 Å². The summed E-state index contributed by atoms with van der Waals surface area (Å²) in [4.78, 5) is 24.8. The molecule has 0 spiro atoms. The van der Waals surface area contributed by atoms with Gasteiger partial charge in [-0.3, -0.25) is 19.0 Å². The van der Waals surface area contributed by atoms with E-state index < -0.39 is 0 Å². The van der Waals surface area contributed by atoms with Crippen molar-refractivity contribution >= 4 is 11.8 Å². The van der Waals surface area contributed by atoms with Crippen molar-refractivity contribution in [2.24, 2.45) is 14.1 Å². The summed E-state index contributed by atoms with van der Waals surface area (Å²) >= 11 is 0. The van der Waals surface area contributed by atoms with Gasteiger partial charge in [-0.1, -0.05) is 0 Å². The zero-order valence-corrected chi connectivity index (χ0v) is 15.0. The molecule has 1 saturated carbocycles. The number of hydrogen-bond acceptors (Lipinski definition) is 4. The molecule has 0 aromatic carbocycles. The lowest BCUT2D eigenvalue weighted by Crippen LogP contribution is -2.48. The van der Waals surface area contributed by atoms with Crippen molar-refractivity contribution < 1.29 is 9.59 Å². The van der Waals surface area contributed by atoms with Crippen molar-refractivity contribution in [3.63, 3.8) is 0 Å². The second kappa shape index (κ2) is 6.70. The van der Waals surface area contributed by atoms with Crippen molar-refractivity contribution in [3.05, 3.63) is 34.9 Å². The second-order valence-corrected chi connectivity index (χ2v) is 6.68. The molecule has 2 heterocycles. The van der Waals surface area contributed by atoms with Gasteiger partial charge in [0.2, 0.25) is 0 Å². The molecule has 8 heteroatoms. The highest BCUT2D eigenvalue weighted by Gasteiger charge is 2.31. The van der Waals surface area contributed by atoms with Crippen molar-refractivity contribution in [1.82, 2.24) is 30.2 Å². The molecule has 0 saturated heterocycles. The molecule has 1 aliphatic carbocycles. The number of hydrogen-bond donors (Lipinski definition) is 2. The molecule has 8 nitrogen and oxygen atoms in total. The first-order valence-corrected chi connectivity index (χ1v) is 8.48. The van der Waals surface area contributed by atoms with Gasteiger partial charge in [-0.25, -0.2) is 0 Å². The first-order chi connectivity index (χ1) is 11.8. The number of carbonyl (C=O) groups excluding carboxylic acids is 2. The molecule has 2 unspecified atom stereocenters. The van der Waals surface area contributed by atoms with Gasteiger partial charge in [0.1, 0.15) is 11.4 Å². The lowest BCUT2D eigenvalue weighted by Gasteiger charge is -2.21. The topological polar surface area (TPSA) is 93.8 Å². The summed E-state index contributed by atoms with van der Waals surface area (Å²) in [6.07, 6.45) is 2.63. The van der Waals surface area contributed by atoms with Crippen LogP contribution in [0, 0.1) is 13.8 Å². The molecule has 3 rings (SSSR count). The van der Waals surface area contributed by atoms with E-state index in [1.165, 1.54) is 0 Å². The summed E-state index contributed by atoms with van der Waals surface area (Å²) in [5.41, 5.74) is 2.65. The van der Waals surface area contributed by atoms with E-state index in [2.05, 4.69) is 20.8 Å². The van der Waals surface area contributed by atoms with E-state index in [1.54, 1.807) is 35.6 Å². The number of aromatic nitrogens is 4. The predicted octanol–water partition coefficient (Wildman–Crippen LogP) is 0.851. The first-order valence-electron chi connectivity index (χ1n) is 8.48. The van der Waals surface area contributed by atoms with Crippen LogP contribution in [0.15, 0.2) is 12.1 Å². The Hall–Kier alpha value is -2.64. The van der Waals surface area contributed by atoms with Crippen LogP contribution < -0.4 is 10.6 Å². The number of nitrogens with one attached hydrogen (secondary N) is 2. The van der Waals surface area contributed by atoms with Crippen LogP contribution in [0.5, 0.6) is 0 Å². The fourth-order valence-electron chi connectivity index (χ4n) is 3.13. The third-order valence-corrected chi connectivity index (χ3v) is 4.84. The van der Waals surface area contributed by atoms with Gasteiger partial charge in [-0.05, 0) is 45.2 Å². The number of nitrogens with zero attached hydrogens (tertiary/aromatic N) is 4. The van der Waals surface area contributed by atoms with E-state index in [0.717, 1.165) is 30.7 Å². The number of amides is 2. The molecule has 2 N–H and O–H groups in total. The molecule has 0 bridgehead atoms. The monoisotopic (exact) mass is 344 g/mol. The maximum absolute atomic E-state index is 12.4. The Morgan fingerprint density at radius 3 is 1.64 bits per heavy atom. The molecule has 0 radical (unpaired) electrons. The molecule has 134 valence electrons. The SMILES string of the molecule is Cc1cc(C(=O)NC2CCCC2NC(=O)c2cc(C)n(C)n2)nn1C. The predicted molar refractivity (Wildman–Crippen MR) is 92.2 cm³/mol. The second-order valence-electron chi connectivity index (χ2n) is 6.68. The quantitative estimate of drug-likeness (QED) is 0.860. The van der Waals surface area contributed by atoms with Crippen molar-refractivity contribution in [2.75, 3.05) is 0 Å². The Kier molecular flexibility index (Phi) is 4.61. The fraction of sp³-hybridized carbons (Fsp3) is 0.529. The third kappa shape index (κ3) is 3.57. The Labute approximate surface area is 146 Å². The van der Waals surface area contributed by atoms with Crippen molar-refractivity contribution in [3.8, 4) is 0 Å². The first kappa shape index (κ1) is 17.2. The van der Waals surface area contributed by atoms with Gasteiger partial charge in [-0.2, -0.15) is 10.2 Å². The van der Waals surface area contributed by atoms with Crippen LogP contribution in [-0.4, -0.2) is 43.5 Å². The molecule has 1 aliphatic rings. The largest absolute Gasteiger partial charge is 0.346 e. The molecule has 2 aromatic rings. The summed E-state index contributed by atoms with van der Waals surface area (Å²) in [5.74, 6) is -0.410. The summed E-state index contributed by atoms with van der Waals surface area (Å²) in [6.45, 7) is 3.80. The molecular weight excluding hydrogens is 320 g/mol. The zero-order valence-electron chi connectivity index (χ0n) is 15.0. The lowest BCUT2D eigenvalue weighted by atomic mass is 10.1. The highest BCUT2D eigenvalue weighted by molar-refractivity contribution is 5.94. The minimum Gasteiger partial charge on any atom is -0.346 e. The number of rotatable bonds is 4. The van der Waals surface area contributed by atoms with Crippen LogP contribution in [-0.2, 0) is 14.1 Å². The van der Waals surface area contributed by atoms with E-state index in [-0.39, 0.29) is 23.9 Å². The van der Waals surface area contributed by atoms with Crippen LogP contribution in [0.4, 0.5) is 0 Å². The van der Waals surface area contributed by atoms with Crippen molar-refractivity contribution in [1.29, 1.82) is 0 Å². The zero-order chi connectivity index (χ0) is 18.1. The van der Waals surface area contributed by atoms with E-state index in [4.69, 9.17) is 0 Å². The molecule has 2 amide bonds. The maximum Gasteiger partial charge on any atom is 0.272 e. The maximum atomic E-state index is 12.4. The van der Waals surface area contributed by atoms with Gasteiger partial charge in [0.15, 0.2) is 0 Å². The number of aryl methyl sites for hydroxylation is 4. The summed E-state index contributed by atoms with van der Waals surface area (Å²) in [6, 6.07) is 3.33. The molecular formula is C17H24N6O2. The Bertz CT molecular complexity index is 701. The van der Waals surface area contributed by atoms with E-state index in [0.29, 0.717) is 11.4 Å². The highest BCUT2D eigenvalue weighted by atomic mass is 16.2. The van der Waals surface area contributed by atoms with Crippen LogP contribution in [0.3, 0.4) is 0 Å². The van der Waals surface area contributed by atoms with E-state index in [1.807, 2.05) is 13.8 Å². The number of carbonyl (C=O) groups is 2. The van der Waals surface area contributed by atoms with Gasteiger partial charge < -0.3 is 10.6 Å². The average molecular weight is 344 g/mol. The summed E-state index contributed by atoms with van der Waals surface area (Å²) < 4.78 is 3.35. The molecule has 0 aliphatic heterocycles. The van der Waals surface area contributed by atoms with Crippen LogP contribution in [0.25, 0.3) is 0 Å². The smallest absolute Gasteiger partial charge is 0.272 e. The highest BCUT2D eigenvalue weighted by Crippen LogP contribution is 2.20. The average Bonchev–Trinajstić information content (AvgIpc) is 3.22. The van der Waals surface area contributed by atoms with Gasteiger partial charge in [0.25, 0.3) is 11.8 Å². The minimum absolute atomic E-state index is 0.0939. The normalized spacial score (nSPS) is 19.8. The van der Waals surface area contributed by atoms with Gasteiger partial charge in [-0.15, -0.1) is 0 Å². The fourth-order valence-corrected chi connectivity index (χ4v) is 3.13. The molecule has 2 atom stereocenters. The Balaban J connectivity index is 1.64. The van der Waals surface area contributed by atoms with Gasteiger partial charge in [0, 0.05) is 37.6 Å². The van der Waals surface area contributed by atoms with Crippen LogP contribution >= 0.6 is 0 Å². The van der Waals surface area contributed by atoms with E-state index in [9.17, 15) is 9.59 Å². The van der Waals surface area contributed by atoms with Gasteiger partial charge >= 0.3 is 0 Å². The van der Waals surface area contributed by atoms with Crippen LogP contribution in [0.2, 0.25) is 0 Å². The molecule has 2 aromatic heterocycles.